The molecule has 0 aromatic heterocycles. The molecule has 5 nitrogen and oxygen atoms in total. The van der Waals surface area contributed by atoms with Crippen LogP contribution in [0.3, 0.4) is 0 Å². The highest BCUT2D eigenvalue weighted by atomic mass is 16.5. The van der Waals surface area contributed by atoms with Gasteiger partial charge in [0.05, 0.1) is 12.6 Å². The van der Waals surface area contributed by atoms with Crippen LogP contribution in [0.25, 0.3) is 0 Å². The van der Waals surface area contributed by atoms with E-state index in [4.69, 9.17) is 10.5 Å². The van der Waals surface area contributed by atoms with Gasteiger partial charge in [0.2, 0.25) is 5.91 Å². The number of hydrogen-bond acceptors (Lipinski definition) is 4. The maximum absolute atomic E-state index is 12.1. The van der Waals surface area contributed by atoms with Gasteiger partial charge in [-0.15, -0.1) is 0 Å². The van der Waals surface area contributed by atoms with E-state index >= 15 is 0 Å². The lowest BCUT2D eigenvalue weighted by molar-refractivity contribution is -0.117. The standard InChI is InChI=1S/C15H23N3O2/c1-10-4-5-12(16)8-13(10)17-15(19)9-18(3)14-6-7-20-11(14)2/h4-5,8,11,14H,6-7,9,16H2,1-3H3,(H,17,19). The predicted octanol–water partition coefficient (Wildman–Crippen LogP) is 1.62. The fraction of sp³-hybridized carbons (Fsp3) is 0.533. The van der Waals surface area contributed by atoms with E-state index in [-0.39, 0.29) is 12.0 Å². The summed E-state index contributed by atoms with van der Waals surface area (Å²) in [7, 11) is 1.96. The molecule has 2 rings (SSSR count). The number of carbonyl (C=O) groups is 1. The first-order valence-electron chi connectivity index (χ1n) is 6.95. The number of anilines is 2. The third-order valence-corrected chi connectivity index (χ3v) is 3.83. The lowest BCUT2D eigenvalue weighted by Crippen LogP contribution is -2.41. The first kappa shape index (κ1) is 14.8. The summed E-state index contributed by atoms with van der Waals surface area (Å²) < 4.78 is 5.53. The smallest absolute Gasteiger partial charge is 0.238 e. The molecule has 110 valence electrons. The van der Waals surface area contributed by atoms with E-state index in [1.165, 1.54) is 0 Å². The highest BCUT2D eigenvalue weighted by molar-refractivity contribution is 5.93. The molecule has 0 aliphatic carbocycles. The quantitative estimate of drug-likeness (QED) is 0.821. The zero-order valence-electron chi connectivity index (χ0n) is 12.3. The number of rotatable bonds is 4. The number of carbonyl (C=O) groups excluding carboxylic acids is 1. The molecule has 3 N–H and O–H groups in total. The van der Waals surface area contributed by atoms with Crippen LogP contribution in [-0.2, 0) is 9.53 Å². The van der Waals surface area contributed by atoms with Gasteiger partial charge in [-0.25, -0.2) is 0 Å². The molecule has 1 aliphatic heterocycles. The molecule has 0 spiro atoms. The Balaban J connectivity index is 1.93. The van der Waals surface area contributed by atoms with Crippen molar-refractivity contribution < 1.29 is 9.53 Å². The van der Waals surface area contributed by atoms with E-state index in [1.807, 2.05) is 33.0 Å². The number of nitrogen functional groups attached to an aromatic ring is 1. The second-order valence-electron chi connectivity index (χ2n) is 5.47. The highest BCUT2D eigenvalue weighted by Crippen LogP contribution is 2.20. The highest BCUT2D eigenvalue weighted by Gasteiger charge is 2.28. The summed E-state index contributed by atoms with van der Waals surface area (Å²) in [6.45, 7) is 5.12. The first-order valence-corrected chi connectivity index (χ1v) is 6.95. The predicted molar refractivity (Wildman–Crippen MR) is 80.7 cm³/mol. The van der Waals surface area contributed by atoms with Crippen molar-refractivity contribution in [1.82, 2.24) is 4.90 Å². The summed E-state index contributed by atoms with van der Waals surface area (Å²) >= 11 is 0. The number of hydrogen-bond donors (Lipinski definition) is 2. The number of aryl methyl sites for hydroxylation is 1. The Hall–Kier alpha value is -1.59. The van der Waals surface area contributed by atoms with Gasteiger partial charge in [0.25, 0.3) is 0 Å². The number of amides is 1. The second-order valence-corrected chi connectivity index (χ2v) is 5.47. The summed E-state index contributed by atoms with van der Waals surface area (Å²) in [5, 5.41) is 2.92. The third-order valence-electron chi connectivity index (χ3n) is 3.83. The van der Waals surface area contributed by atoms with Crippen LogP contribution in [0, 0.1) is 6.92 Å². The number of nitrogens with one attached hydrogen (secondary N) is 1. The Bertz CT molecular complexity index is 490. The van der Waals surface area contributed by atoms with Crippen LogP contribution in [0.5, 0.6) is 0 Å². The molecule has 1 aliphatic rings. The van der Waals surface area contributed by atoms with Crippen molar-refractivity contribution in [2.45, 2.75) is 32.4 Å². The Morgan fingerprint density at radius 3 is 2.95 bits per heavy atom. The van der Waals surface area contributed by atoms with Gasteiger partial charge < -0.3 is 15.8 Å². The Morgan fingerprint density at radius 1 is 1.55 bits per heavy atom. The average Bonchev–Trinajstić information content (AvgIpc) is 2.80. The van der Waals surface area contributed by atoms with Gasteiger partial charge in [0.15, 0.2) is 0 Å². The van der Waals surface area contributed by atoms with Gasteiger partial charge in [0, 0.05) is 24.0 Å². The van der Waals surface area contributed by atoms with Crippen molar-refractivity contribution in [2.75, 3.05) is 31.2 Å². The molecule has 0 bridgehead atoms. The fourth-order valence-electron chi connectivity index (χ4n) is 2.61. The van der Waals surface area contributed by atoms with Crippen LogP contribution >= 0.6 is 0 Å². The van der Waals surface area contributed by atoms with Crippen LogP contribution in [0.1, 0.15) is 18.9 Å². The molecule has 1 aromatic rings. The summed E-state index contributed by atoms with van der Waals surface area (Å²) in [4.78, 5) is 14.2. The lowest BCUT2D eigenvalue weighted by atomic mass is 10.1. The van der Waals surface area contributed by atoms with Crippen molar-refractivity contribution in [3.8, 4) is 0 Å². The van der Waals surface area contributed by atoms with Gasteiger partial charge in [-0.3, -0.25) is 9.69 Å². The van der Waals surface area contributed by atoms with E-state index in [0.717, 1.165) is 24.3 Å². The van der Waals surface area contributed by atoms with E-state index in [1.54, 1.807) is 6.07 Å². The van der Waals surface area contributed by atoms with E-state index < -0.39 is 0 Å². The first-order chi connectivity index (χ1) is 9.47. The molecule has 2 atom stereocenters. The van der Waals surface area contributed by atoms with Gasteiger partial charge in [-0.2, -0.15) is 0 Å². The van der Waals surface area contributed by atoms with Crippen LogP contribution in [0.4, 0.5) is 11.4 Å². The van der Waals surface area contributed by atoms with Gasteiger partial charge in [-0.1, -0.05) is 6.07 Å². The SMILES string of the molecule is Cc1ccc(N)cc1NC(=O)CN(C)C1CCOC1C. The van der Waals surface area contributed by atoms with Crippen LogP contribution in [0.2, 0.25) is 0 Å². The minimum absolute atomic E-state index is 0.0275. The van der Waals surface area contributed by atoms with Crippen molar-refractivity contribution in [1.29, 1.82) is 0 Å². The van der Waals surface area contributed by atoms with Crippen LogP contribution < -0.4 is 11.1 Å². The molecule has 0 radical (unpaired) electrons. The molecule has 0 saturated carbocycles. The Labute approximate surface area is 120 Å². The molecule has 1 saturated heterocycles. The summed E-state index contributed by atoms with van der Waals surface area (Å²) in [6, 6.07) is 5.83. The van der Waals surface area contributed by atoms with Crippen molar-refractivity contribution >= 4 is 17.3 Å². The molecule has 2 unspecified atom stereocenters. The molecule has 5 heteroatoms. The van der Waals surface area contributed by atoms with Crippen molar-refractivity contribution in [2.24, 2.45) is 0 Å². The zero-order chi connectivity index (χ0) is 14.7. The van der Waals surface area contributed by atoms with E-state index in [9.17, 15) is 4.79 Å². The normalized spacial score (nSPS) is 22.2. The van der Waals surface area contributed by atoms with Gasteiger partial charge in [-0.05, 0) is 45.0 Å². The molecule has 20 heavy (non-hydrogen) atoms. The largest absolute Gasteiger partial charge is 0.399 e. The minimum Gasteiger partial charge on any atom is -0.399 e. The monoisotopic (exact) mass is 277 g/mol. The maximum atomic E-state index is 12.1. The van der Waals surface area contributed by atoms with E-state index in [0.29, 0.717) is 18.3 Å². The molecule has 1 amide bonds. The third kappa shape index (κ3) is 3.49. The summed E-state index contributed by atoms with van der Waals surface area (Å²) in [5.74, 6) is -0.0275. The van der Waals surface area contributed by atoms with E-state index in [2.05, 4.69) is 10.2 Å². The average molecular weight is 277 g/mol. The number of nitrogens with two attached hydrogens (primary N) is 1. The minimum atomic E-state index is -0.0275. The van der Waals surface area contributed by atoms with Gasteiger partial charge in [0.1, 0.15) is 0 Å². The fourth-order valence-corrected chi connectivity index (χ4v) is 2.61. The number of benzene rings is 1. The molecule has 1 heterocycles. The van der Waals surface area contributed by atoms with Crippen LogP contribution in [-0.4, -0.2) is 43.2 Å². The number of likely N-dealkylation sites (N-methyl/N-ethyl adjacent to an activating group) is 1. The molecular formula is C15H23N3O2. The summed E-state index contributed by atoms with van der Waals surface area (Å²) in [5.41, 5.74) is 8.18. The van der Waals surface area contributed by atoms with Crippen molar-refractivity contribution in [3.05, 3.63) is 23.8 Å². The summed E-state index contributed by atoms with van der Waals surface area (Å²) in [6.07, 6.45) is 1.16. The molecule has 1 fully saturated rings. The Kier molecular flexibility index (Phi) is 4.62. The lowest BCUT2D eigenvalue weighted by Gasteiger charge is -2.26. The maximum Gasteiger partial charge on any atom is 0.238 e. The second kappa shape index (κ2) is 6.24. The number of nitrogens with zero attached hydrogens (tertiary/aromatic N) is 1. The Morgan fingerprint density at radius 2 is 2.30 bits per heavy atom. The van der Waals surface area contributed by atoms with Crippen LogP contribution in [0.15, 0.2) is 18.2 Å². The molecule has 1 aromatic carbocycles. The topological polar surface area (TPSA) is 67.6 Å². The zero-order valence-corrected chi connectivity index (χ0v) is 12.3. The van der Waals surface area contributed by atoms with Gasteiger partial charge >= 0.3 is 0 Å². The van der Waals surface area contributed by atoms with Crippen molar-refractivity contribution in [3.63, 3.8) is 0 Å². The number of ether oxygens (including phenoxy) is 1. The molecular weight excluding hydrogens is 254 g/mol.